The summed E-state index contributed by atoms with van der Waals surface area (Å²) in [6, 6.07) is 1.81. The highest BCUT2D eigenvalue weighted by atomic mass is 16.1. The maximum absolute atomic E-state index is 12.1. The van der Waals surface area contributed by atoms with E-state index >= 15 is 0 Å². The quantitative estimate of drug-likeness (QED) is 0.858. The van der Waals surface area contributed by atoms with E-state index < -0.39 is 0 Å². The lowest BCUT2D eigenvalue weighted by atomic mass is 10.1. The fourth-order valence-corrected chi connectivity index (χ4v) is 2.64. The Hall–Kier alpha value is -1.58. The van der Waals surface area contributed by atoms with E-state index in [1.807, 2.05) is 13.1 Å². The normalized spacial score (nSPS) is 22.8. The average molecular weight is 247 g/mol. The van der Waals surface area contributed by atoms with Gasteiger partial charge in [-0.3, -0.25) is 9.78 Å². The Morgan fingerprint density at radius 3 is 3.00 bits per heavy atom. The molecule has 1 heterocycles. The average Bonchev–Trinajstić information content (AvgIpc) is 2.81. The van der Waals surface area contributed by atoms with Gasteiger partial charge in [0, 0.05) is 31.7 Å². The summed E-state index contributed by atoms with van der Waals surface area (Å²) < 4.78 is 0. The zero-order valence-corrected chi connectivity index (χ0v) is 11.1. The van der Waals surface area contributed by atoms with Gasteiger partial charge >= 0.3 is 0 Å². The van der Waals surface area contributed by atoms with E-state index in [-0.39, 0.29) is 5.91 Å². The Kier molecular flexibility index (Phi) is 4.18. The van der Waals surface area contributed by atoms with E-state index in [0.717, 1.165) is 18.2 Å². The maximum Gasteiger partial charge on any atom is 0.254 e. The van der Waals surface area contributed by atoms with Gasteiger partial charge in [-0.25, -0.2) is 0 Å². The van der Waals surface area contributed by atoms with Gasteiger partial charge in [0.2, 0.25) is 0 Å². The molecule has 0 spiro atoms. The number of rotatable bonds is 4. The monoisotopic (exact) mass is 247 g/mol. The van der Waals surface area contributed by atoms with E-state index in [0.29, 0.717) is 11.5 Å². The van der Waals surface area contributed by atoms with Crippen molar-refractivity contribution in [3.63, 3.8) is 0 Å². The second-order valence-corrected chi connectivity index (χ2v) is 5.17. The van der Waals surface area contributed by atoms with Crippen LogP contribution in [-0.2, 0) is 0 Å². The van der Waals surface area contributed by atoms with Crippen LogP contribution in [0.1, 0.15) is 36.5 Å². The fourth-order valence-electron chi connectivity index (χ4n) is 2.64. The summed E-state index contributed by atoms with van der Waals surface area (Å²) in [5.41, 5.74) is 1.44. The molecule has 1 aliphatic rings. The third-order valence-corrected chi connectivity index (χ3v) is 3.69. The summed E-state index contributed by atoms with van der Waals surface area (Å²) in [5, 5.41) is 6.03. The van der Waals surface area contributed by atoms with Crippen molar-refractivity contribution in [1.82, 2.24) is 10.3 Å². The Morgan fingerprint density at radius 2 is 2.33 bits per heavy atom. The molecule has 0 aromatic carbocycles. The van der Waals surface area contributed by atoms with Crippen LogP contribution in [0.2, 0.25) is 0 Å². The molecule has 0 bridgehead atoms. The standard InChI is InChI=1S/C14H21N3O/c1-10-3-4-11(7-10)8-17-14(18)12-9-16-6-5-13(12)15-2/h5-6,9-11H,3-4,7-8H2,1-2H3,(H,15,16)(H,17,18). The molecule has 1 aromatic rings. The summed E-state index contributed by atoms with van der Waals surface area (Å²) in [6.45, 7) is 3.06. The van der Waals surface area contributed by atoms with Gasteiger partial charge in [-0.1, -0.05) is 13.3 Å². The lowest BCUT2D eigenvalue weighted by Crippen LogP contribution is -2.29. The highest BCUT2D eigenvalue weighted by Gasteiger charge is 2.22. The van der Waals surface area contributed by atoms with Crippen molar-refractivity contribution in [2.45, 2.75) is 26.2 Å². The van der Waals surface area contributed by atoms with Crippen LogP contribution in [0.5, 0.6) is 0 Å². The molecule has 0 saturated heterocycles. The van der Waals surface area contributed by atoms with Crippen molar-refractivity contribution in [1.29, 1.82) is 0 Å². The van der Waals surface area contributed by atoms with Crippen LogP contribution in [0.4, 0.5) is 5.69 Å². The van der Waals surface area contributed by atoms with Crippen LogP contribution < -0.4 is 10.6 Å². The molecule has 98 valence electrons. The number of hydrogen-bond donors (Lipinski definition) is 2. The number of nitrogens with zero attached hydrogens (tertiary/aromatic N) is 1. The van der Waals surface area contributed by atoms with E-state index in [4.69, 9.17) is 0 Å². The molecule has 1 aliphatic carbocycles. The van der Waals surface area contributed by atoms with Crippen LogP contribution in [0.3, 0.4) is 0 Å². The number of amides is 1. The molecule has 2 unspecified atom stereocenters. The van der Waals surface area contributed by atoms with Crippen molar-refractivity contribution in [3.8, 4) is 0 Å². The fraction of sp³-hybridized carbons (Fsp3) is 0.571. The molecular formula is C14H21N3O. The number of anilines is 1. The van der Waals surface area contributed by atoms with Gasteiger partial charge in [0.05, 0.1) is 5.56 Å². The van der Waals surface area contributed by atoms with E-state index in [9.17, 15) is 4.79 Å². The first kappa shape index (κ1) is 12.9. The van der Waals surface area contributed by atoms with E-state index in [1.54, 1.807) is 12.4 Å². The van der Waals surface area contributed by atoms with Crippen molar-refractivity contribution in [2.24, 2.45) is 11.8 Å². The molecule has 1 fully saturated rings. The van der Waals surface area contributed by atoms with Crippen LogP contribution in [-0.4, -0.2) is 24.5 Å². The van der Waals surface area contributed by atoms with Crippen molar-refractivity contribution in [3.05, 3.63) is 24.0 Å². The van der Waals surface area contributed by atoms with Crippen LogP contribution in [0.25, 0.3) is 0 Å². The summed E-state index contributed by atoms with van der Waals surface area (Å²) in [6.07, 6.45) is 7.04. The van der Waals surface area contributed by atoms with Gasteiger partial charge in [-0.15, -0.1) is 0 Å². The van der Waals surface area contributed by atoms with Gasteiger partial charge in [0.25, 0.3) is 5.91 Å². The minimum atomic E-state index is -0.0352. The second-order valence-electron chi connectivity index (χ2n) is 5.17. The number of pyridine rings is 1. The summed E-state index contributed by atoms with van der Waals surface area (Å²) in [5.74, 6) is 1.41. The summed E-state index contributed by atoms with van der Waals surface area (Å²) in [7, 11) is 1.81. The van der Waals surface area contributed by atoms with Crippen LogP contribution in [0.15, 0.2) is 18.5 Å². The minimum Gasteiger partial charge on any atom is -0.387 e. The number of hydrogen-bond acceptors (Lipinski definition) is 3. The molecule has 1 aromatic heterocycles. The predicted molar refractivity (Wildman–Crippen MR) is 72.6 cm³/mol. The molecule has 2 rings (SSSR count). The largest absolute Gasteiger partial charge is 0.387 e. The molecule has 1 amide bonds. The van der Waals surface area contributed by atoms with Crippen LogP contribution >= 0.6 is 0 Å². The second kappa shape index (κ2) is 5.85. The number of carbonyl (C=O) groups is 1. The maximum atomic E-state index is 12.1. The topological polar surface area (TPSA) is 54.0 Å². The van der Waals surface area contributed by atoms with Gasteiger partial charge in [0.15, 0.2) is 0 Å². The number of carbonyl (C=O) groups excluding carboxylic acids is 1. The lowest BCUT2D eigenvalue weighted by Gasteiger charge is -2.12. The molecule has 1 saturated carbocycles. The number of nitrogens with one attached hydrogen (secondary N) is 2. The minimum absolute atomic E-state index is 0.0352. The Bertz CT molecular complexity index is 419. The van der Waals surface area contributed by atoms with E-state index in [1.165, 1.54) is 19.3 Å². The zero-order chi connectivity index (χ0) is 13.0. The zero-order valence-electron chi connectivity index (χ0n) is 11.1. The van der Waals surface area contributed by atoms with Gasteiger partial charge < -0.3 is 10.6 Å². The highest BCUT2D eigenvalue weighted by molar-refractivity contribution is 5.99. The summed E-state index contributed by atoms with van der Waals surface area (Å²) in [4.78, 5) is 16.1. The third-order valence-electron chi connectivity index (χ3n) is 3.69. The van der Waals surface area contributed by atoms with Gasteiger partial charge in [-0.2, -0.15) is 0 Å². The van der Waals surface area contributed by atoms with Crippen molar-refractivity contribution < 1.29 is 4.79 Å². The van der Waals surface area contributed by atoms with Crippen molar-refractivity contribution >= 4 is 11.6 Å². The smallest absolute Gasteiger partial charge is 0.254 e. The molecule has 2 atom stereocenters. The van der Waals surface area contributed by atoms with Crippen molar-refractivity contribution in [2.75, 3.05) is 18.9 Å². The first-order valence-corrected chi connectivity index (χ1v) is 6.60. The molecule has 0 radical (unpaired) electrons. The molecule has 4 heteroatoms. The molecule has 18 heavy (non-hydrogen) atoms. The predicted octanol–water partition coefficient (Wildman–Crippen LogP) is 2.29. The SMILES string of the molecule is CNc1ccncc1C(=O)NCC1CCC(C)C1. The Labute approximate surface area is 108 Å². The summed E-state index contributed by atoms with van der Waals surface area (Å²) >= 11 is 0. The lowest BCUT2D eigenvalue weighted by molar-refractivity contribution is 0.0947. The molecular weight excluding hydrogens is 226 g/mol. The van der Waals surface area contributed by atoms with Gasteiger partial charge in [0.1, 0.15) is 0 Å². The van der Waals surface area contributed by atoms with E-state index in [2.05, 4.69) is 22.5 Å². The van der Waals surface area contributed by atoms with Gasteiger partial charge in [-0.05, 0) is 30.7 Å². The molecule has 4 nitrogen and oxygen atoms in total. The first-order valence-electron chi connectivity index (χ1n) is 6.60. The Morgan fingerprint density at radius 1 is 1.50 bits per heavy atom. The third kappa shape index (κ3) is 3.00. The number of aromatic nitrogens is 1. The van der Waals surface area contributed by atoms with Crippen LogP contribution in [0, 0.1) is 11.8 Å². The first-order chi connectivity index (χ1) is 8.70. The highest BCUT2D eigenvalue weighted by Crippen LogP contribution is 2.29. The Balaban J connectivity index is 1.91. The molecule has 2 N–H and O–H groups in total. The molecule has 0 aliphatic heterocycles.